The predicted octanol–water partition coefficient (Wildman–Crippen LogP) is 3.47. The van der Waals surface area contributed by atoms with E-state index < -0.39 is 39.7 Å². The second-order valence-corrected chi connectivity index (χ2v) is 14.3. The first kappa shape index (κ1) is 37.7. The maximum atomic E-state index is 13.5. The molecule has 0 aliphatic rings. The van der Waals surface area contributed by atoms with Crippen LogP contribution in [0.1, 0.15) is 50.3 Å². The third-order valence-corrected chi connectivity index (χ3v) is 10.0. The number of nitrogens with one attached hydrogen (secondary N) is 1. The molecular weight excluding hydrogens is 659 g/mol. The molecule has 0 spiro atoms. The van der Waals surface area contributed by atoms with Gasteiger partial charge in [0, 0.05) is 20.0 Å². The summed E-state index contributed by atoms with van der Waals surface area (Å²) in [6.45, 7) is 6.05. The van der Waals surface area contributed by atoms with Crippen molar-refractivity contribution in [3.63, 3.8) is 0 Å². The molecule has 0 fully saturated rings. The highest BCUT2D eigenvalue weighted by Gasteiger charge is 2.32. The Bertz CT molecular complexity index is 1950. The van der Waals surface area contributed by atoms with E-state index in [-0.39, 0.29) is 37.9 Å². The van der Waals surface area contributed by atoms with Crippen LogP contribution in [0.5, 0.6) is 0 Å². The van der Waals surface area contributed by atoms with Gasteiger partial charge in [-0.3, -0.25) is 28.9 Å². The molecule has 1 heterocycles. The van der Waals surface area contributed by atoms with Crippen LogP contribution >= 0.6 is 0 Å². The summed E-state index contributed by atoms with van der Waals surface area (Å²) in [5.41, 5.74) is 7.84. The van der Waals surface area contributed by atoms with Crippen molar-refractivity contribution in [2.24, 2.45) is 11.7 Å². The number of imidazole rings is 1. The molecule has 4 rings (SSSR count). The molecule has 50 heavy (non-hydrogen) atoms. The first-order chi connectivity index (χ1) is 23.8. The Labute approximate surface area is 292 Å². The van der Waals surface area contributed by atoms with Gasteiger partial charge in [0.05, 0.1) is 49.0 Å². The van der Waals surface area contributed by atoms with E-state index in [4.69, 9.17) is 10.8 Å². The third kappa shape index (κ3) is 9.97. The van der Waals surface area contributed by atoms with E-state index in [0.29, 0.717) is 24.3 Å². The van der Waals surface area contributed by atoms with Crippen LogP contribution in [-0.2, 0) is 37.5 Å². The number of benzene rings is 3. The lowest BCUT2D eigenvalue weighted by atomic mass is 9.96. The molecule has 3 aromatic carbocycles. The predicted molar refractivity (Wildman–Crippen MR) is 190 cm³/mol. The van der Waals surface area contributed by atoms with Gasteiger partial charge in [-0.1, -0.05) is 74.9 Å². The number of hydrogen-bond acceptors (Lipinski definition) is 9. The van der Waals surface area contributed by atoms with Crippen molar-refractivity contribution < 1.29 is 27.9 Å². The van der Waals surface area contributed by atoms with E-state index in [2.05, 4.69) is 15.8 Å². The number of rotatable bonds is 17. The van der Waals surface area contributed by atoms with Crippen LogP contribution < -0.4 is 15.4 Å². The zero-order valence-corrected chi connectivity index (χ0v) is 29.2. The number of carbonyl (C=O) groups excluding carboxylic acids is 2. The molecule has 13 nitrogen and oxygen atoms in total. The Morgan fingerprint density at radius 3 is 2.44 bits per heavy atom. The van der Waals surface area contributed by atoms with Crippen molar-refractivity contribution in [1.29, 1.82) is 5.26 Å². The summed E-state index contributed by atoms with van der Waals surface area (Å²) in [5.74, 6) is -2.50. The maximum absolute atomic E-state index is 13.5. The SMILES string of the molecule is CC[C@H](C)[C@@H](CN(CC(=O)NS(=O)(=O)CC[C@H](N)C(=O)O)Cc1cccc2ccccc12)N(C(C)=O)c1cncn1Cc1ccc(C#N)cc1. The molecule has 0 radical (unpaired) electrons. The first-order valence-corrected chi connectivity index (χ1v) is 18.0. The molecule has 0 saturated heterocycles. The van der Waals surface area contributed by atoms with E-state index in [0.717, 1.165) is 21.9 Å². The number of carboxylic acids is 1. The van der Waals surface area contributed by atoms with Crippen LogP contribution in [0.4, 0.5) is 5.82 Å². The topological polar surface area (TPSA) is 192 Å². The summed E-state index contributed by atoms with van der Waals surface area (Å²) in [6.07, 6.45) is 3.60. The fourth-order valence-electron chi connectivity index (χ4n) is 5.86. The Morgan fingerprint density at radius 1 is 1.08 bits per heavy atom. The number of sulfonamides is 1. The average Bonchev–Trinajstić information content (AvgIpc) is 3.53. The van der Waals surface area contributed by atoms with Crippen LogP contribution in [0.3, 0.4) is 0 Å². The second-order valence-electron chi connectivity index (χ2n) is 12.4. The maximum Gasteiger partial charge on any atom is 0.320 e. The molecule has 0 saturated carbocycles. The van der Waals surface area contributed by atoms with Gasteiger partial charge in [0.2, 0.25) is 21.8 Å². The molecule has 1 aromatic heterocycles. The molecule has 14 heteroatoms. The van der Waals surface area contributed by atoms with Crippen molar-refractivity contribution >= 4 is 44.4 Å². The Balaban J connectivity index is 1.67. The Hall–Kier alpha value is -5.10. The summed E-state index contributed by atoms with van der Waals surface area (Å²) in [6, 6.07) is 21.1. The molecule has 0 unspecified atom stereocenters. The number of carbonyl (C=O) groups is 3. The molecule has 0 aliphatic heterocycles. The monoisotopic (exact) mass is 701 g/mol. The quantitative estimate of drug-likeness (QED) is 0.147. The standard InChI is InChI=1S/C36H43N7O6S/c1-4-25(2)33(43(26(3)44)35-19-39-24-42(35)20-28-14-12-27(18-37)13-15-28)22-41(21-30-10-7-9-29-8-5-6-11-31(29)30)23-34(45)40-50(48,49)17-16-32(38)36(46)47/h5-15,19,24-25,32-33H,4,16-17,20-23,38H2,1-3H3,(H,40,45)(H,46,47)/t25-,32-,33+/m0/s1. The van der Waals surface area contributed by atoms with E-state index in [1.807, 2.05) is 77.9 Å². The van der Waals surface area contributed by atoms with Crippen LogP contribution in [0, 0.1) is 17.2 Å². The molecule has 4 aromatic rings. The molecule has 0 aliphatic carbocycles. The number of fused-ring (bicyclic) bond motifs is 1. The molecular formula is C36H43N7O6S. The molecule has 264 valence electrons. The zero-order valence-electron chi connectivity index (χ0n) is 28.4. The lowest BCUT2D eigenvalue weighted by molar-refractivity contribution is -0.138. The zero-order chi connectivity index (χ0) is 36.4. The number of amides is 2. The minimum absolute atomic E-state index is 0.0588. The largest absolute Gasteiger partial charge is 0.480 e. The lowest BCUT2D eigenvalue weighted by Crippen LogP contribution is -2.52. The van der Waals surface area contributed by atoms with Crippen LogP contribution in [-0.4, -0.2) is 76.7 Å². The summed E-state index contributed by atoms with van der Waals surface area (Å²) in [4.78, 5) is 45.8. The van der Waals surface area contributed by atoms with Crippen molar-refractivity contribution in [3.8, 4) is 6.07 Å². The van der Waals surface area contributed by atoms with Gasteiger partial charge < -0.3 is 15.4 Å². The number of aromatic nitrogens is 2. The van der Waals surface area contributed by atoms with Gasteiger partial charge >= 0.3 is 5.97 Å². The fourth-order valence-corrected chi connectivity index (χ4v) is 6.93. The number of aliphatic carboxylic acids is 1. The van der Waals surface area contributed by atoms with Crippen molar-refractivity contribution in [1.82, 2.24) is 19.2 Å². The summed E-state index contributed by atoms with van der Waals surface area (Å²) < 4.78 is 29.4. The first-order valence-electron chi connectivity index (χ1n) is 16.3. The number of anilines is 1. The highest BCUT2D eigenvalue weighted by Crippen LogP contribution is 2.27. The van der Waals surface area contributed by atoms with Gasteiger partial charge in [-0.05, 0) is 46.4 Å². The van der Waals surface area contributed by atoms with E-state index >= 15 is 0 Å². The van der Waals surface area contributed by atoms with E-state index in [1.54, 1.807) is 29.6 Å². The third-order valence-electron chi connectivity index (χ3n) is 8.72. The van der Waals surface area contributed by atoms with E-state index in [9.17, 15) is 28.1 Å². The molecule has 3 atom stereocenters. The van der Waals surface area contributed by atoms with Crippen LogP contribution in [0.15, 0.2) is 79.3 Å². The second kappa shape index (κ2) is 17.0. The number of carboxylic acid groups (broad SMARTS) is 1. The van der Waals surface area contributed by atoms with Gasteiger partial charge in [-0.25, -0.2) is 13.4 Å². The molecule has 0 bridgehead atoms. The summed E-state index contributed by atoms with van der Waals surface area (Å²) in [5, 5.41) is 20.2. The smallest absolute Gasteiger partial charge is 0.320 e. The molecule has 2 amide bonds. The van der Waals surface area contributed by atoms with Crippen LogP contribution in [0.25, 0.3) is 10.8 Å². The van der Waals surface area contributed by atoms with Crippen molar-refractivity contribution in [2.75, 3.05) is 23.7 Å². The lowest BCUT2D eigenvalue weighted by Gasteiger charge is -2.38. The number of nitrogens with two attached hydrogens (primary N) is 1. The fraction of sp³-hybridized carbons (Fsp3) is 0.361. The number of hydrogen-bond donors (Lipinski definition) is 3. The van der Waals surface area contributed by atoms with Crippen molar-refractivity contribution in [2.45, 2.75) is 58.8 Å². The van der Waals surface area contributed by atoms with Crippen LogP contribution in [0.2, 0.25) is 0 Å². The van der Waals surface area contributed by atoms with Gasteiger partial charge in [-0.2, -0.15) is 5.26 Å². The van der Waals surface area contributed by atoms with E-state index in [1.165, 1.54) is 6.92 Å². The highest BCUT2D eigenvalue weighted by atomic mass is 32.2. The summed E-state index contributed by atoms with van der Waals surface area (Å²) in [7, 11) is -4.18. The van der Waals surface area contributed by atoms with Gasteiger partial charge in [0.25, 0.3) is 0 Å². The minimum atomic E-state index is -4.18. The van der Waals surface area contributed by atoms with Crippen molar-refractivity contribution in [3.05, 3.63) is 95.9 Å². The highest BCUT2D eigenvalue weighted by molar-refractivity contribution is 7.90. The van der Waals surface area contributed by atoms with Gasteiger partial charge in [-0.15, -0.1) is 0 Å². The number of nitrogens with zero attached hydrogens (tertiary/aromatic N) is 5. The summed E-state index contributed by atoms with van der Waals surface area (Å²) >= 11 is 0. The average molecular weight is 702 g/mol. The number of nitriles is 1. The Kier molecular flexibility index (Phi) is 12.8. The van der Waals surface area contributed by atoms with Gasteiger partial charge in [0.15, 0.2) is 0 Å². The van der Waals surface area contributed by atoms with Gasteiger partial charge in [0.1, 0.15) is 11.9 Å². The normalized spacial score (nSPS) is 13.4. The Morgan fingerprint density at radius 2 is 1.78 bits per heavy atom. The minimum Gasteiger partial charge on any atom is -0.480 e. The molecule has 4 N–H and O–H groups in total.